The van der Waals surface area contributed by atoms with Gasteiger partial charge in [-0.3, -0.25) is 0 Å². The largest absolute Gasteiger partial charge is 0.384 e. The summed E-state index contributed by atoms with van der Waals surface area (Å²) in [6.07, 6.45) is 5.46. The Morgan fingerprint density at radius 2 is 2.11 bits per heavy atom. The Bertz CT molecular complexity index is 855. The Hall–Kier alpha value is -1.84. The maximum absolute atomic E-state index is 11.5. The van der Waals surface area contributed by atoms with Gasteiger partial charge in [0.1, 0.15) is 5.75 Å². The highest BCUT2D eigenvalue weighted by Crippen LogP contribution is 2.54. The van der Waals surface area contributed by atoms with Crippen molar-refractivity contribution in [3.05, 3.63) is 41.5 Å². The molecule has 0 amide bonds. The minimum Gasteiger partial charge on any atom is -0.384 e. The van der Waals surface area contributed by atoms with E-state index < -0.39 is 10.1 Å². The predicted octanol–water partition coefficient (Wildman–Crippen LogP) is 4.13. The molecule has 0 saturated heterocycles. The van der Waals surface area contributed by atoms with E-state index in [-0.39, 0.29) is 5.92 Å². The van der Waals surface area contributed by atoms with Gasteiger partial charge in [-0.15, -0.1) is 0 Å². The molecule has 4 atom stereocenters. The lowest BCUT2D eigenvalue weighted by Crippen LogP contribution is -2.35. The van der Waals surface area contributed by atoms with Gasteiger partial charge in [-0.2, -0.15) is 13.7 Å². The standard InChI is InChI=1S/C21H27NO4S/c1-14-6-8-19-18-9-7-16(26-27(3,23)24)12-20(18)15(13-25-2)11-21(19)17(14)5-4-10-22/h7,9,12,15,17,19,21H,1,4-6,8,11,13H2,2-3H3/t15-,17+,19+,21-/m0/s1. The maximum Gasteiger partial charge on any atom is 0.306 e. The fourth-order valence-electron chi connectivity index (χ4n) is 4.96. The first-order valence-electron chi connectivity index (χ1n) is 9.41. The number of nitrogens with zero attached hydrogens (tertiary/aromatic N) is 1. The number of rotatable bonds is 6. The van der Waals surface area contributed by atoms with E-state index in [0.717, 1.165) is 37.5 Å². The van der Waals surface area contributed by atoms with Crippen LogP contribution in [0.25, 0.3) is 0 Å². The number of ether oxygens (including phenoxy) is 1. The van der Waals surface area contributed by atoms with E-state index in [4.69, 9.17) is 14.2 Å². The number of hydrogen-bond donors (Lipinski definition) is 0. The van der Waals surface area contributed by atoms with Crippen LogP contribution in [0.2, 0.25) is 0 Å². The fraction of sp³-hybridized carbons (Fsp3) is 0.571. The van der Waals surface area contributed by atoms with E-state index in [9.17, 15) is 8.42 Å². The zero-order chi connectivity index (χ0) is 19.6. The van der Waals surface area contributed by atoms with Crippen LogP contribution in [0, 0.1) is 23.2 Å². The van der Waals surface area contributed by atoms with Crippen LogP contribution >= 0.6 is 0 Å². The molecule has 5 nitrogen and oxygen atoms in total. The predicted molar refractivity (Wildman–Crippen MR) is 104 cm³/mol. The second-order valence-corrected chi connectivity index (χ2v) is 9.31. The Morgan fingerprint density at radius 1 is 1.33 bits per heavy atom. The van der Waals surface area contributed by atoms with Crippen molar-refractivity contribution in [3.8, 4) is 11.8 Å². The van der Waals surface area contributed by atoms with Gasteiger partial charge in [0.25, 0.3) is 0 Å². The minimum atomic E-state index is -3.56. The maximum atomic E-state index is 11.5. The molecule has 0 radical (unpaired) electrons. The van der Waals surface area contributed by atoms with Crippen LogP contribution in [0.1, 0.15) is 55.1 Å². The minimum absolute atomic E-state index is 0.185. The monoisotopic (exact) mass is 389 g/mol. The number of hydrogen-bond acceptors (Lipinski definition) is 5. The second kappa shape index (κ2) is 8.04. The molecule has 0 heterocycles. The van der Waals surface area contributed by atoms with Gasteiger partial charge in [-0.1, -0.05) is 18.2 Å². The van der Waals surface area contributed by atoms with Crippen molar-refractivity contribution in [2.75, 3.05) is 20.0 Å². The smallest absolute Gasteiger partial charge is 0.306 e. The van der Waals surface area contributed by atoms with E-state index in [0.29, 0.717) is 36.5 Å². The lowest BCUT2D eigenvalue weighted by molar-refractivity contribution is 0.136. The molecule has 146 valence electrons. The van der Waals surface area contributed by atoms with Gasteiger partial charge in [0, 0.05) is 19.4 Å². The highest BCUT2D eigenvalue weighted by Gasteiger charge is 2.42. The average Bonchev–Trinajstić information content (AvgIpc) is 2.60. The number of methoxy groups -OCH3 is 1. The van der Waals surface area contributed by atoms with Crippen LogP contribution in [0.4, 0.5) is 0 Å². The highest BCUT2D eigenvalue weighted by atomic mass is 32.2. The average molecular weight is 390 g/mol. The summed E-state index contributed by atoms with van der Waals surface area (Å²) in [5.41, 5.74) is 3.66. The zero-order valence-corrected chi connectivity index (χ0v) is 16.8. The summed E-state index contributed by atoms with van der Waals surface area (Å²) < 4.78 is 33.6. The van der Waals surface area contributed by atoms with E-state index in [2.05, 4.69) is 12.6 Å². The van der Waals surface area contributed by atoms with Gasteiger partial charge in [0.2, 0.25) is 0 Å². The number of benzene rings is 1. The molecule has 0 unspecified atom stereocenters. The highest BCUT2D eigenvalue weighted by molar-refractivity contribution is 7.86. The molecule has 0 spiro atoms. The van der Waals surface area contributed by atoms with Crippen LogP contribution in [-0.4, -0.2) is 28.4 Å². The molecule has 6 heteroatoms. The Morgan fingerprint density at radius 3 is 2.78 bits per heavy atom. The van der Waals surface area contributed by atoms with Crippen LogP contribution in [0.3, 0.4) is 0 Å². The summed E-state index contributed by atoms with van der Waals surface area (Å²) in [7, 11) is -1.87. The first kappa shape index (κ1) is 19.9. The molecule has 2 aliphatic carbocycles. The molecule has 1 saturated carbocycles. The van der Waals surface area contributed by atoms with Crippen molar-refractivity contribution in [3.63, 3.8) is 0 Å². The van der Waals surface area contributed by atoms with Crippen LogP contribution in [0.5, 0.6) is 5.75 Å². The van der Waals surface area contributed by atoms with Crippen molar-refractivity contribution in [1.29, 1.82) is 5.26 Å². The van der Waals surface area contributed by atoms with E-state index >= 15 is 0 Å². The first-order valence-corrected chi connectivity index (χ1v) is 11.2. The number of fused-ring (bicyclic) bond motifs is 3. The summed E-state index contributed by atoms with van der Waals surface area (Å²) in [6.45, 7) is 4.87. The van der Waals surface area contributed by atoms with Crippen LogP contribution in [0.15, 0.2) is 30.4 Å². The molecule has 3 rings (SSSR count). The van der Waals surface area contributed by atoms with Crippen LogP contribution in [-0.2, 0) is 14.9 Å². The molecule has 0 N–H and O–H groups in total. The summed E-state index contributed by atoms with van der Waals surface area (Å²) in [5, 5.41) is 9.03. The Balaban J connectivity index is 1.98. The quantitative estimate of drug-likeness (QED) is 0.540. The molecule has 27 heavy (non-hydrogen) atoms. The first-order chi connectivity index (χ1) is 12.8. The molecule has 0 aromatic heterocycles. The molecule has 2 aliphatic rings. The Kier molecular flexibility index (Phi) is 5.92. The third kappa shape index (κ3) is 4.36. The lowest BCUT2D eigenvalue weighted by Gasteiger charge is -2.46. The molecule has 1 aromatic rings. The zero-order valence-electron chi connectivity index (χ0n) is 16.0. The fourth-order valence-corrected chi connectivity index (χ4v) is 5.41. The summed E-state index contributed by atoms with van der Waals surface area (Å²) in [4.78, 5) is 0. The van der Waals surface area contributed by atoms with Crippen molar-refractivity contribution < 1.29 is 17.3 Å². The van der Waals surface area contributed by atoms with Gasteiger partial charge in [0.05, 0.1) is 18.9 Å². The van der Waals surface area contributed by atoms with E-state index in [1.807, 2.05) is 12.1 Å². The molecular weight excluding hydrogens is 362 g/mol. The van der Waals surface area contributed by atoms with Gasteiger partial charge in [-0.05, 0) is 66.7 Å². The van der Waals surface area contributed by atoms with Gasteiger partial charge in [-0.25, -0.2) is 0 Å². The topological polar surface area (TPSA) is 76.4 Å². The summed E-state index contributed by atoms with van der Waals surface area (Å²) >= 11 is 0. The van der Waals surface area contributed by atoms with Gasteiger partial charge >= 0.3 is 10.1 Å². The third-order valence-corrected chi connectivity index (χ3v) is 6.47. The lowest BCUT2D eigenvalue weighted by atomic mass is 9.59. The van der Waals surface area contributed by atoms with Gasteiger partial charge < -0.3 is 8.92 Å². The van der Waals surface area contributed by atoms with Gasteiger partial charge in [0.15, 0.2) is 0 Å². The Labute approximate surface area is 162 Å². The number of allylic oxidation sites excluding steroid dienone is 1. The van der Waals surface area contributed by atoms with Crippen molar-refractivity contribution in [2.24, 2.45) is 11.8 Å². The normalized spacial score (nSPS) is 27.4. The SMILES string of the molecule is C=C1CC[C@@H]2c3ccc(OS(C)(=O)=O)cc3[C@H](COC)C[C@H]2[C@@H]1CCC#N. The molecular formula is C21H27NO4S. The van der Waals surface area contributed by atoms with E-state index in [1.54, 1.807) is 13.2 Å². The van der Waals surface area contributed by atoms with Crippen molar-refractivity contribution >= 4 is 10.1 Å². The van der Waals surface area contributed by atoms with E-state index in [1.165, 1.54) is 11.1 Å². The van der Waals surface area contributed by atoms with Crippen LogP contribution < -0.4 is 4.18 Å². The molecule has 0 bridgehead atoms. The third-order valence-electron chi connectivity index (χ3n) is 5.97. The van der Waals surface area contributed by atoms with Crippen molar-refractivity contribution in [2.45, 2.75) is 43.9 Å². The van der Waals surface area contributed by atoms with Crippen molar-refractivity contribution in [1.82, 2.24) is 0 Å². The second-order valence-electron chi connectivity index (χ2n) is 7.74. The molecule has 1 fully saturated rings. The molecule has 0 aliphatic heterocycles. The molecule has 1 aromatic carbocycles. The summed E-state index contributed by atoms with van der Waals surface area (Å²) in [5.74, 6) is 1.77. The number of nitriles is 1. The summed E-state index contributed by atoms with van der Waals surface area (Å²) in [6, 6.07) is 7.91.